The normalized spacial score (nSPS) is 22.6. The number of aryl methyl sites for hydroxylation is 1. The highest BCUT2D eigenvalue weighted by molar-refractivity contribution is 6.30. The maximum absolute atomic E-state index is 13.5. The van der Waals surface area contributed by atoms with Crippen molar-refractivity contribution in [1.82, 2.24) is 4.98 Å². The highest BCUT2D eigenvalue weighted by atomic mass is 35.5. The summed E-state index contributed by atoms with van der Waals surface area (Å²) in [5, 5.41) is 3.54. The van der Waals surface area contributed by atoms with Crippen molar-refractivity contribution in [3.63, 3.8) is 0 Å². The van der Waals surface area contributed by atoms with Crippen LogP contribution >= 0.6 is 11.6 Å². The van der Waals surface area contributed by atoms with E-state index in [-0.39, 0.29) is 17.1 Å². The van der Waals surface area contributed by atoms with Gasteiger partial charge in [-0.15, -0.1) is 0 Å². The second-order valence-corrected chi connectivity index (χ2v) is 9.71. The first-order valence-corrected chi connectivity index (χ1v) is 10.8. The molecule has 1 aromatic carbocycles. The smallest absolute Gasteiger partial charge is 0.235 e. The lowest BCUT2D eigenvalue weighted by atomic mass is 9.66. The summed E-state index contributed by atoms with van der Waals surface area (Å²) < 4.78 is 0. The third kappa shape index (κ3) is 4.33. The van der Waals surface area contributed by atoms with Gasteiger partial charge in [0.15, 0.2) is 5.78 Å². The third-order valence-corrected chi connectivity index (χ3v) is 6.23. The van der Waals surface area contributed by atoms with Crippen LogP contribution in [0.1, 0.15) is 50.7 Å². The van der Waals surface area contributed by atoms with Crippen LogP contribution < -0.4 is 5.32 Å². The Kier molecular flexibility index (Phi) is 5.56. The first kappa shape index (κ1) is 21.4. The largest absolute Gasteiger partial charge is 0.310 e. The van der Waals surface area contributed by atoms with Gasteiger partial charge in [0.1, 0.15) is 5.82 Å². The molecule has 1 aliphatic carbocycles. The first-order chi connectivity index (χ1) is 14.6. The number of halogens is 1. The Morgan fingerprint density at radius 2 is 1.84 bits per heavy atom. The van der Waals surface area contributed by atoms with Gasteiger partial charge in [0.05, 0.1) is 5.92 Å². The molecule has 0 saturated heterocycles. The van der Waals surface area contributed by atoms with E-state index < -0.39 is 11.8 Å². The van der Waals surface area contributed by atoms with Crippen LogP contribution in [0.2, 0.25) is 5.02 Å². The Morgan fingerprint density at radius 1 is 1.13 bits per heavy atom. The Hall–Kier alpha value is -2.79. The standard InChI is InChI=1S/C25H26ClN3O2/c1-14-9-10-27-20(11-14)29-24(31)21-15(2)28-18-12-25(3,4)13-19(30)23(18)22(21)16-5-7-17(26)8-6-16/h5-11,21-22H,12-13H2,1-4H3,(H,27,29,31)/t21?,22-/m0/s1. The van der Waals surface area contributed by atoms with Gasteiger partial charge in [0.2, 0.25) is 5.91 Å². The molecule has 0 radical (unpaired) electrons. The number of ketones is 1. The number of nitrogens with one attached hydrogen (secondary N) is 1. The summed E-state index contributed by atoms with van der Waals surface area (Å²) in [6, 6.07) is 11.1. The summed E-state index contributed by atoms with van der Waals surface area (Å²) in [6.45, 7) is 7.98. The number of rotatable bonds is 3. The quantitative estimate of drug-likeness (QED) is 0.691. The number of hydrogen-bond donors (Lipinski definition) is 1. The van der Waals surface area contributed by atoms with Crippen LogP contribution in [-0.4, -0.2) is 22.4 Å². The minimum atomic E-state index is -0.604. The molecule has 2 heterocycles. The second-order valence-electron chi connectivity index (χ2n) is 9.27. The predicted octanol–water partition coefficient (Wildman–Crippen LogP) is 5.50. The lowest BCUT2D eigenvalue weighted by Gasteiger charge is -2.39. The molecule has 1 unspecified atom stereocenters. The molecule has 0 fully saturated rings. The maximum atomic E-state index is 13.5. The number of pyridine rings is 1. The van der Waals surface area contributed by atoms with Crippen LogP contribution in [0.15, 0.2) is 58.9 Å². The van der Waals surface area contributed by atoms with Gasteiger partial charge in [-0.2, -0.15) is 0 Å². The van der Waals surface area contributed by atoms with Crippen molar-refractivity contribution in [2.75, 3.05) is 5.32 Å². The van der Waals surface area contributed by atoms with Gasteiger partial charge >= 0.3 is 0 Å². The van der Waals surface area contributed by atoms with Crippen molar-refractivity contribution in [1.29, 1.82) is 0 Å². The third-order valence-electron chi connectivity index (χ3n) is 5.98. The molecule has 2 aromatic rings. The Morgan fingerprint density at radius 3 is 2.52 bits per heavy atom. The summed E-state index contributed by atoms with van der Waals surface area (Å²) in [4.78, 5) is 35.8. The van der Waals surface area contributed by atoms with E-state index in [1.807, 2.05) is 38.1 Å². The minimum Gasteiger partial charge on any atom is -0.310 e. The number of amides is 1. The van der Waals surface area contributed by atoms with Crippen LogP contribution in [0, 0.1) is 18.3 Å². The molecule has 2 atom stereocenters. The van der Waals surface area contributed by atoms with Crippen molar-refractivity contribution < 1.29 is 9.59 Å². The van der Waals surface area contributed by atoms with Crippen LogP contribution in [0.4, 0.5) is 5.82 Å². The molecule has 1 aliphatic heterocycles. The Balaban J connectivity index is 1.79. The van der Waals surface area contributed by atoms with E-state index in [9.17, 15) is 9.59 Å². The lowest BCUT2D eigenvalue weighted by molar-refractivity contribution is -0.119. The first-order valence-electron chi connectivity index (χ1n) is 10.4. The van der Waals surface area contributed by atoms with Crippen molar-refractivity contribution in [2.45, 2.75) is 46.5 Å². The zero-order valence-corrected chi connectivity index (χ0v) is 19.0. The molecule has 31 heavy (non-hydrogen) atoms. The number of benzene rings is 1. The molecule has 4 rings (SSSR count). The molecule has 160 valence electrons. The minimum absolute atomic E-state index is 0.0638. The van der Waals surface area contributed by atoms with Crippen molar-refractivity contribution in [3.05, 3.63) is 70.0 Å². The number of carbonyl (C=O) groups is 2. The van der Waals surface area contributed by atoms with E-state index in [1.165, 1.54) is 0 Å². The number of allylic oxidation sites excluding steroid dienone is 2. The molecule has 0 saturated carbocycles. The van der Waals surface area contributed by atoms with Gasteiger partial charge in [0.25, 0.3) is 0 Å². The van der Waals surface area contributed by atoms with E-state index in [0.29, 0.717) is 35.0 Å². The summed E-state index contributed by atoms with van der Waals surface area (Å²) >= 11 is 6.11. The van der Waals surface area contributed by atoms with Gasteiger partial charge in [0, 0.05) is 40.5 Å². The summed E-state index contributed by atoms with van der Waals surface area (Å²) in [7, 11) is 0. The second kappa shape index (κ2) is 8.04. The molecule has 0 spiro atoms. The Labute approximate surface area is 187 Å². The number of hydrogen-bond acceptors (Lipinski definition) is 4. The van der Waals surface area contributed by atoms with Crippen molar-refractivity contribution in [3.8, 4) is 0 Å². The molecular formula is C25H26ClN3O2. The number of carbonyl (C=O) groups excluding carboxylic acids is 2. The number of aromatic nitrogens is 1. The molecular weight excluding hydrogens is 410 g/mol. The lowest BCUT2D eigenvalue weighted by Crippen LogP contribution is -2.41. The van der Waals surface area contributed by atoms with Crippen LogP contribution in [0.5, 0.6) is 0 Å². The topological polar surface area (TPSA) is 71.4 Å². The molecule has 2 aliphatic rings. The molecule has 1 amide bonds. The molecule has 5 nitrogen and oxygen atoms in total. The van der Waals surface area contributed by atoms with Crippen LogP contribution in [0.25, 0.3) is 0 Å². The highest BCUT2D eigenvalue weighted by Crippen LogP contribution is 2.47. The molecule has 1 N–H and O–H groups in total. The summed E-state index contributed by atoms with van der Waals surface area (Å²) in [5.74, 6) is -0.675. The fourth-order valence-corrected chi connectivity index (χ4v) is 4.75. The van der Waals surface area contributed by atoms with E-state index in [1.54, 1.807) is 18.3 Å². The fourth-order valence-electron chi connectivity index (χ4n) is 4.62. The van der Waals surface area contributed by atoms with E-state index >= 15 is 0 Å². The van der Waals surface area contributed by atoms with Gasteiger partial charge in [-0.05, 0) is 61.1 Å². The summed E-state index contributed by atoms with van der Waals surface area (Å²) in [6.07, 6.45) is 2.82. The monoisotopic (exact) mass is 435 g/mol. The van der Waals surface area contributed by atoms with Crippen molar-refractivity contribution >= 4 is 34.8 Å². The average Bonchev–Trinajstić information content (AvgIpc) is 2.66. The van der Waals surface area contributed by atoms with E-state index in [4.69, 9.17) is 16.6 Å². The van der Waals surface area contributed by atoms with Gasteiger partial charge < -0.3 is 5.32 Å². The average molecular weight is 436 g/mol. The summed E-state index contributed by atoms with van der Waals surface area (Å²) in [5.41, 5.74) is 3.90. The molecule has 6 heteroatoms. The highest BCUT2D eigenvalue weighted by Gasteiger charge is 2.45. The number of aliphatic imine (C=N–C) groups is 1. The maximum Gasteiger partial charge on any atom is 0.235 e. The van der Waals surface area contributed by atoms with Crippen LogP contribution in [-0.2, 0) is 9.59 Å². The Bertz CT molecular complexity index is 1120. The number of anilines is 1. The van der Waals surface area contributed by atoms with Gasteiger partial charge in [-0.25, -0.2) is 4.98 Å². The van der Waals surface area contributed by atoms with Gasteiger partial charge in [-0.3, -0.25) is 14.6 Å². The van der Waals surface area contributed by atoms with E-state index in [0.717, 1.165) is 16.8 Å². The predicted molar refractivity (Wildman–Crippen MR) is 123 cm³/mol. The molecule has 1 aromatic heterocycles. The van der Waals surface area contributed by atoms with Crippen LogP contribution in [0.3, 0.4) is 0 Å². The number of Topliss-reactive ketones (excluding diaryl/α,β-unsaturated/α-hetero) is 1. The zero-order chi connectivity index (χ0) is 22.3. The van der Waals surface area contributed by atoms with Crippen molar-refractivity contribution in [2.24, 2.45) is 16.3 Å². The molecule has 0 bridgehead atoms. The van der Waals surface area contributed by atoms with E-state index in [2.05, 4.69) is 24.1 Å². The SMILES string of the molecule is CC1=NC2=C(C(=O)CC(C)(C)C2)[C@@H](c2ccc(Cl)cc2)C1C(=O)Nc1cc(C)ccn1. The zero-order valence-electron chi connectivity index (χ0n) is 18.2. The van der Waals surface area contributed by atoms with Gasteiger partial charge in [-0.1, -0.05) is 37.6 Å². The number of nitrogens with zero attached hydrogens (tertiary/aromatic N) is 2. The fraction of sp³-hybridized carbons (Fsp3) is 0.360.